The smallest absolute Gasteiger partial charge is 0.302 e. The van der Waals surface area contributed by atoms with E-state index in [9.17, 15) is 14.4 Å². The predicted molar refractivity (Wildman–Crippen MR) is 90.4 cm³/mol. The third-order valence-corrected chi connectivity index (χ3v) is 4.53. The Morgan fingerprint density at radius 3 is 2.33 bits per heavy atom. The van der Waals surface area contributed by atoms with Gasteiger partial charge in [0.2, 0.25) is 0 Å². The summed E-state index contributed by atoms with van der Waals surface area (Å²) >= 11 is 0. The standard InChI is InChI=1S/C18H19N3O3/c1-10-6-15(13(4)12(3)11(10)2)16(22)9-21-17(23)14(7-19)8-20(5)18(21)24/h6,8H,9H2,1-5H3. The molecular weight excluding hydrogens is 306 g/mol. The highest BCUT2D eigenvalue weighted by molar-refractivity contribution is 5.98. The van der Waals surface area contributed by atoms with Crippen LogP contribution in [0.15, 0.2) is 21.9 Å². The maximum Gasteiger partial charge on any atom is 0.331 e. The molecule has 0 bridgehead atoms. The van der Waals surface area contributed by atoms with Gasteiger partial charge in [0, 0.05) is 18.8 Å². The molecule has 124 valence electrons. The maximum atomic E-state index is 12.7. The first-order valence-corrected chi connectivity index (χ1v) is 7.50. The molecule has 0 saturated heterocycles. The fourth-order valence-corrected chi connectivity index (χ4v) is 2.67. The minimum absolute atomic E-state index is 0.169. The molecule has 2 aromatic rings. The summed E-state index contributed by atoms with van der Waals surface area (Å²) in [7, 11) is 1.44. The van der Waals surface area contributed by atoms with E-state index in [1.165, 1.54) is 13.2 Å². The van der Waals surface area contributed by atoms with Crippen molar-refractivity contribution in [3.05, 3.63) is 66.5 Å². The van der Waals surface area contributed by atoms with E-state index in [-0.39, 0.29) is 17.9 Å². The summed E-state index contributed by atoms with van der Waals surface area (Å²) in [6.45, 7) is 7.31. The molecule has 0 radical (unpaired) electrons. The lowest BCUT2D eigenvalue weighted by atomic mass is 9.92. The van der Waals surface area contributed by atoms with Crippen LogP contribution in [-0.2, 0) is 13.6 Å². The van der Waals surface area contributed by atoms with Crippen LogP contribution in [0.5, 0.6) is 0 Å². The number of aromatic nitrogens is 2. The highest BCUT2D eigenvalue weighted by atomic mass is 16.2. The summed E-state index contributed by atoms with van der Waals surface area (Å²) in [6.07, 6.45) is 1.18. The van der Waals surface area contributed by atoms with Gasteiger partial charge in [-0.05, 0) is 56.0 Å². The number of ketones is 1. The summed E-state index contributed by atoms with van der Waals surface area (Å²) < 4.78 is 1.94. The molecule has 1 aromatic heterocycles. The monoisotopic (exact) mass is 325 g/mol. The second kappa shape index (κ2) is 6.28. The number of benzene rings is 1. The minimum atomic E-state index is -0.743. The minimum Gasteiger partial charge on any atom is -0.302 e. The first-order valence-electron chi connectivity index (χ1n) is 7.50. The van der Waals surface area contributed by atoms with E-state index in [1.807, 2.05) is 27.7 Å². The van der Waals surface area contributed by atoms with Crippen LogP contribution < -0.4 is 11.2 Å². The van der Waals surface area contributed by atoms with Crippen molar-refractivity contribution in [3.8, 4) is 6.07 Å². The van der Waals surface area contributed by atoms with Crippen molar-refractivity contribution in [1.82, 2.24) is 9.13 Å². The quantitative estimate of drug-likeness (QED) is 0.801. The van der Waals surface area contributed by atoms with Gasteiger partial charge >= 0.3 is 5.69 Å². The first-order chi connectivity index (χ1) is 11.2. The SMILES string of the molecule is Cc1cc(C(=O)Cn2c(=O)c(C#N)cn(C)c2=O)c(C)c(C)c1C. The van der Waals surface area contributed by atoms with Crippen LogP contribution in [0, 0.1) is 39.0 Å². The molecule has 1 heterocycles. The van der Waals surface area contributed by atoms with Gasteiger partial charge in [0.05, 0.1) is 6.54 Å². The van der Waals surface area contributed by atoms with E-state index in [0.29, 0.717) is 5.56 Å². The fraction of sp³-hybridized carbons (Fsp3) is 0.333. The van der Waals surface area contributed by atoms with Gasteiger partial charge in [-0.1, -0.05) is 0 Å². The number of aryl methyl sites for hydroxylation is 2. The molecule has 0 amide bonds. The van der Waals surface area contributed by atoms with Crippen molar-refractivity contribution in [2.45, 2.75) is 34.2 Å². The summed E-state index contributed by atoms with van der Waals surface area (Å²) in [5.41, 5.74) is 2.91. The van der Waals surface area contributed by atoms with E-state index in [2.05, 4.69) is 0 Å². The van der Waals surface area contributed by atoms with Crippen LogP contribution in [-0.4, -0.2) is 14.9 Å². The zero-order chi connectivity index (χ0) is 18.2. The average Bonchev–Trinajstić information content (AvgIpc) is 2.55. The van der Waals surface area contributed by atoms with E-state index in [1.54, 1.807) is 12.1 Å². The number of nitriles is 1. The van der Waals surface area contributed by atoms with Gasteiger partial charge in [-0.2, -0.15) is 5.26 Å². The predicted octanol–water partition coefficient (Wildman–Crippen LogP) is 1.54. The third-order valence-electron chi connectivity index (χ3n) is 4.53. The Labute approximate surface area is 139 Å². The van der Waals surface area contributed by atoms with Crippen LogP contribution in [0.25, 0.3) is 0 Å². The van der Waals surface area contributed by atoms with Crippen LogP contribution in [0.4, 0.5) is 0 Å². The van der Waals surface area contributed by atoms with Gasteiger partial charge in [0.1, 0.15) is 11.6 Å². The van der Waals surface area contributed by atoms with E-state index >= 15 is 0 Å². The molecule has 2 rings (SSSR count). The number of rotatable bonds is 3. The van der Waals surface area contributed by atoms with Crippen molar-refractivity contribution in [3.63, 3.8) is 0 Å². The lowest BCUT2D eigenvalue weighted by Crippen LogP contribution is -2.41. The molecule has 0 unspecified atom stereocenters. The molecule has 1 aromatic carbocycles. The molecule has 0 atom stereocenters. The van der Waals surface area contributed by atoms with Gasteiger partial charge < -0.3 is 4.57 Å². The lowest BCUT2D eigenvalue weighted by Gasteiger charge is -2.14. The van der Waals surface area contributed by atoms with E-state index in [4.69, 9.17) is 5.26 Å². The number of carbonyl (C=O) groups excluding carboxylic acids is 1. The summed E-state index contributed by atoms with van der Waals surface area (Å²) in [6, 6.07) is 3.53. The Bertz CT molecular complexity index is 1000. The molecule has 0 spiro atoms. The second-order valence-corrected chi connectivity index (χ2v) is 5.98. The number of hydrogen-bond donors (Lipinski definition) is 0. The van der Waals surface area contributed by atoms with Crippen molar-refractivity contribution >= 4 is 5.78 Å². The normalized spacial score (nSPS) is 10.5. The zero-order valence-corrected chi connectivity index (χ0v) is 14.4. The van der Waals surface area contributed by atoms with Crippen molar-refractivity contribution in [2.75, 3.05) is 0 Å². The van der Waals surface area contributed by atoms with Gasteiger partial charge in [0.25, 0.3) is 5.56 Å². The van der Waals surface area contributed by atoms with Gasteiger partial charge in [-0.3, -0.25) is 14.2 Å². The molecular formula is C18H19N3O3. The van der Waals surface area contributed by atoms with E-state index < -0.39 is 11.2 Å². The van der Waals surface area contributed by atoms with Gasteiger partial charge in [-0.15, -0.1) is 0 Å². The second-order valence-electron chi connectivity index (χ2n) is 5.98. The highest BCUT2D eigenvalue weighted by Crippen LogP contribution is 2.21. The Morgan fingerprint density at radius 1 is 1.12 bits per heavy atom. The van der Waals surface area contributed by atoms with Gasteiger partial charge in [-0.25, -0.2) is 4.79 Å². The topological polar surface area (TPSA) is 84.9 Å². The lowest BCUT2D eigenvalue weighted by molar-refractivity contribution is 0.0968. The van der Waals surface area contributed by atoms with Crippen molar-refractivity contribution in [2.24, 2.45) is 7.05 Å². The number of nitrogens with zero attached hydrogens (tertiary/aromatic N) is 3. The molecule has 24 heavy (non-hydrogen) atoms. The molecule has 0 N–H and O–H groups in total. The number of hydrogen-bond acceptors (Lipinski definition) is 4. The van der Waals surface area contributed by atoms with Crippen LogP contribution in [0.3, 0.4) is 0 Å². The Kier molecular flexibility index (Phi) is 4.56. The fourth-order valence-electron chi connectivity index (χ4n) is 2.67. The molecule has 0 aliphatic heterocycles. The summed E-state index contributed by atoms with van der Waals surface area (Å²) in [5.74, 6) is -0.326. The largest absolute Gasteiger partial charge is 0.331 e. The number of Topliss-reactive ketones (excluding diaryl/α,β-unsaturated/α-hetero) is 1. The summed E-state index contributed by atoms with van der Waals surface area (Å²) in [5, 5.41) is 8.99. The van der Waals surface area contributed by atoms with Crippen LogP contribution in [0.1, 0.15) is 38.2 Å². The van der Waals surface area contributed by atoms with Gasteiger partial charge in [0.15, 0.2) is 5.78 Å². The van der Waals surface area contributed by atoms with Crippen molar-refractivity contribution < 1.29 is 4.79 Å². The van der Waals surface area contributed by atoms with Crippen LogP contribution >= 0.6 is 0 Å². The molecule has 6 heteroatoms. The molecule has 0 saturated carbocycles. The first kappa shape index (κ1) is 17.4. The number of carbonyl (C=O) groups is 1. The maximum absolute atomic E-state index is 12.7. The van der Waals surface area contributed by atoms with Crippen LogP contribution in [0.2, 0.25) is 0 Å². The average molecular weight is 325 g/mol. The molecule has 0 aliphatic carbocycles. The Hall–Kier alpha value is -2.94. The molecule has 0 aliphatic rings. The molecule has 0 fully saturated rings. The van der Waals surface area contributed by atoms with Crippen molar-refractivity contribution in [1.29, 1.82) is 5.26 Å². The summed E-state index contributed by atoms with van der Waals surface area (Å²) in [4.78, 5) is 37.0. The Balaban J connectivity index is 2.57. The highest BCUT2D eigenvalue weighted by Gasteiger charge is 2.17. The molecule has 6 nitrogen and oxygen atoms in total. The Morgan fingerprint density at radius 2 is 1.75 bits per heavy atom. The zero-order valence-electron chi connectivity index (χ0n) is 14.4. The third kappa shape index (κ3) is 2.81. The van der Waals surface area contributed by atoms with E-state index in [0.717, 1.165) is 31.4 Å².